The minimum Gasteiger partial charge on any atom is -0.376 e. The van der Waals surface area contributed by atoms with Gasteiger partial charge in [-0.15, -0.1) is 0 Å². The van der Waals surface area contributed by atoms with Crippen molar-refractivity contribution in [1.29, 1.82) is 0 Å². The van der Waals surface area contributed by atoms with Gasteiger partial charge in [-0.05, 0) is 55.4 Å². The van der Waals surface area contributed by atoms with Crippen LogP contribution >= 0.6 is 0 Å². The zero-order valence-corrected chi connectivity index (χ0v) is 19.1. The van der Waals surface area contributed by atoms with Gasteiger partial charge in [-0.1, -0.05) is 49.4 Å². The van der Waals surface area contributed by atoms with E-state index in [0.29, 0.717) is 5.56 Å². The molecule has 0 bridgehead atoms. The van der Waals surface area contributed by atoms with E-state index in [2.05, 4.69) is 24.0 Å². The summed E-state index contributed by atoms with van der Waals surface area (Å²) < 4.78 is 39.4. The van der Waals surface area contributed by atoms with Crippen LogP contribution in [0.4, 0.5) is 13.2 Å². The fraction of sp³-hybridized carbons (Fsp3) is 0.500. The lowest BCUT2D eigenvalue weighted by Gasteiger charge is -2.43. The number of nitrogens with zero attached hydrogens (tertiary/aromatic N) is 2. The molecule has 4 rings (SSSR count). The van der Waals surface area contributed by atoms with E-state index < -0.39 is 11.8 Å². The van der Waals surface area contributed by atoms with Gasteiger partial charge >= 0.3 is 6.18 Å². The Bertz CT molecular complexity index is 956. The second-order valence-electron chi connectivity index (χ2n) is 9.64. The largest absolute Gasteiger partial charge is 0.421 e. The van der Waals surface area contributed by atoms with Crippen LogP contribution in [-0.2, 0) is 12.1 Å². The normalized spacial score (nSPS) is 23.7. The Hall–Kier alpha value is -2.38. The molecule has 2 aliphatic rings. The van der Waals surface area contributed by atoms with Gasteiger partial charge in [-0.25, -0.2) is 0 Å². The summed E-state index contributed by atoms with van der Waals surface area (Å²) in [5.41, 5.74) is -1.59. The van der Waals surface area contributed by atoms with Gasteiger partial charge in [0.25, 0.3) is 5.91 Å². The van der Waals surface area contributed by atoms with Crippen molar-refractivity contribution >= 4 is 5.91 Å². The molecule has 1 aliphatic heterocycles. The molecule has 1 N–H and O–H groups in total. The molecule has 0 spiro atoms. The van der Waals surface area contributed by atoms with Gasteiger partial charge in [0.05, 0.1) is 0 Å². The van der Waals surface area contributed by atoms with E-state index in [1.165, 1.54) is 29.8 Å². The van der Waals surface area contributed by atoms with Crippen LogP contribution in [0.5, 0.6) is 0 Å². The van der Waals surface area contributed by atoms with Gasteiger partial charge in [0.2, 0.25) is 0 Å². The first-order chi connectivity index (χ1) is 15.6. The Morgan fingerprint density at radius 2 is 1.70 bits per heavy atom. The molecule has 1 aliphatic carbocycles. The summed E-state index contributed by atoms with van der Waals surface area (Å²) in [5, 5.41) is 9.90. The quantitative estimate of drug-likeness (QED) is 0.662. The third-order valence-corrected chi connectivity index (χ3v) is 6.97. The molecular weight excluding hydrogens is 429 g/mol. The second kappa shape index (κ2) is 9.11. The molecule has 2 aromatic rings. The number of benzene rings is 2. The first-order valence-electron chi connectivity index (χ1n) is 11.6. The average Bonchev–Trinajstić information content (AvgIpc) is 3.60. The molecule has 0 unspecified atom stereocenters. The number of amides is 1. The molecule has 1 heterocycles. The van der Waals surface area contributed by atoms with E-state index in [0.717, 1.165) is 45.8 Å². The molecule has 1 amide bonds. The van der Waals surface area contributed by atoms with Crippen LogP contribution in [0.25, 0.3) is 0 Å². The number of halogens is 3. The molecule has 0 radical (unpaired) electrons. The van der Waals surface area contributed by atoms with Gasteiger partial charge < -0.3 is 10.0 Å². The standard InChI is InChI=1S/C26H31F3N2O2/c1-18-16-30(17-19-6-4-3-5-7-19)15-14-23(18)31(22-12-13-22)24(32)20-8-10-21(11-9-20)25(2,33)26(27,28)29/h3-11,18,22-23,33H,12-17H2,1-2H3/t18-,23+,25-/m0/s1. The summed E-state index contributed by atoms with van der Waals surface area (Å²) in [6, 6.07) is 15.9. The van der Waals surface area contributed by atoms with Crippen molar-refractivity contribution in [2.75, 3.05) is 13.1 Å². The molecule has 4 nitrogen and oxygen atoms in total. The van der Waals surface area contributed by atoms with Gasteiger partial charge in [-0.2, -0.15) is 13.2 Å². The van der Waals surface area contributed by atoms with Crippen molar-refractivity contribution in [3.8, 4) is 0 Å². The van der Waals surface area contributed by atoms with E-state index in [-0.39, 0.29) is 29.5 Å². The number of aliphatic hydroxyl groups is 1. The molecule has 0 aromatic heterocycles. The van der Waals surface area contributed by atoms with Crippen molar-refractivity contribution in [2.45, 2.75) is 63.5 Å². The Morgan fingerprint density at radius 1 is 1.06 bits per heavy atom. The van der Waals surface area contributed by atoms with Crippen LogP contribution in [0.15, 0.2) is 54.6 Å². The van der Waals surface area contributed by atoms with E-state index in [1.54, 1.807) is 0 Å². The second-order valence-corrected chi connectivity index (χ2v) is 9.64. The topological polar surface area (TPSA) is 43.8 Å². The number of carbonyl (C=O) groups is 1. The third-order valence-electron chi connectivity index (χ3n) is 6.97. The van der Waals surface area contributed by atoms with Crippen molar-refractivity contribution in [3.05, 3.63) is 71.3 Å². The minimum atomic E-state index is -4.79. The summed E-state index contributed by atoms with van der Waals surface area (Å²) in [6.45, 7) is 5.58. The van der Waals surface area contributed by atoms with Crippen LogP contribution in [0.3, 0.4) is 0 Å². The Kier molecular flexibility index (Phi) is 6.56. The molecule has 178 valence electrons. The Labute approximate surface area is 193 Å². The SMILES string of the molecule is C[C@H]1CN(Cc2ccccc2)CC[C@H]1N(C(=O)c1ccc([C@](C)(O)C(F)(F)F)cc1)C1CC1. The highest BCUT2D eigenvalue weighted by atomic mass is 19.4. The van der Waals surface area contributed by atoms with Crippen molar-refractivity contribution in [2.24, 2.45) is 5.92 Å². The minimum absolute atomic E-state index is 0.106. The van der Waals surface area contributed by atoms with Crippen molar-refractivity contribution in [3.63, 3.8) is 0 Å². The summed E-state index contributed by atoms with van der Waals surface area (Å²) in [5.74, 6) is 0.154. The zero-order valence-electron chi connectivity index (χ0n) is 19.1. The van der Waals surface area contributed by atoms with E-state index >= 15 is 0 Å². The van der Waals surface area contributed by atoms with Crippen LogP contribution in [0.2, 0.25) is 0 Å². The number of piperidine rings is 1. The van der Waals surface area contributed by atoms with Crippen molar-refractivity contribution < 1.29 is 23.1 Å². The van der Waals surface area contributed by atoms with Gasteiger partial charge in [0.1, 0.15) is 0 Å². The molecular formula is C26H31F3N2O2. The fourth-order valence-electron chi connectivity index (χ4n) is 4.81. The first kappa shape index (κ1) is 23.8. The number of hydrogen-bond acceptors (Lipinski definition) is 3. The Morgan fingerprint density at radius 3 is 2.24 bits per heavy atom. The molecule has 3 atom stereocenters. The number of hydrogen-bond donors (Lipinski definition) is 1. The van der Waals surface area contributed by atoms with E-state index in [1.807, 2.05) is 23.1 Å². The maximum absolute atomic E-state index is 13.4. The molecule has 7 heteroatoms. The maximum Gasteiger partial charge on any atom is 0.421 e. The number of alkyl halides is 3. The highest BCUT2D eigenvalue weighted by Gasteiger charge is 2.51. The molecule has 33 heavy (non-hydrogen) atoms. The number of rotatable bonds is 6. The lowest BCUT2D eigenvalue weighted by Crippen LogP contribution is -2.52. The first-order valence-corrected chi connectivity index (χ1v) is 11.6. The monoisotopic (exact) mass is 460 g/mol. The summed E-state index contributed by atoms with van der Waals surface area (Å²) >= 11 is 0. The van der Waals surface area contributed by atoms with Gasteiger partial charge in [-0.3, -0.25) is 9.69 Å². The highest BCUT2D eigenvalue weighted by molar-refractivity contribution is 5.95. The van der Waals surface area contributed by atoms with Crippen molar-refractivity contribution in [1.82, 2.24) is 9.80 Å². The van der Waals surface area contributed by atoms with Crippen LogP contribution in [-0.4, -0.2) is 52.2 Å². The van der Waals surface area contributed by atoms with Crippen LogP contribution in [0.1, 0.15) is 54.6 Å². The lowest BCUT2D eigenvalue weighted by molar-refractivity contribution is -0.258. The van der Waals surface area contributed by atoms with E-state index in [4.69, 9.17) is 0 Å². The molecule has 1 saturated carbocycles. The van der Waals surface area contributed by atoms with Gasteiger partial charge in [0.15, 0.2) is 5.60 Å². The van der Waals surface area contributed by atoms with Crippen LogP contribution < -0.4 is 0 Å². The Balaban J connectivity index is 1.46. The predicted octanol–water partition coefficient (Wildman–Crippen LogP) is 4.97. The van der Waals surface area contributed by atoms with Crippen LogP contribution in [0, 0.1) is 5.92 Å². The molecule has 1 saturated heterocycles. The predicted molar refractivity (Wildman–Crippen MR) is 121 cm³/mol. The lowest BCUT2D eigenvalue weighted by atomic mass is 9.90. The molecule has 2 aromatic carbocycles. The average molecular weight is 461 g/mol. The number of likely N-dealkylation sites (tertiary alicyclic amines) is 1. The number of carbonyl (C=O) groups excluding carboxylic acids is 1. The zero-order chi connectivity index (χ0) is 23.8. The molecule has 2 fully saturated rings. The fourth-order valence-corrected chi connectivity index (χ4v) is 4.81. The third kappa shape index (κ3) is 5.09. The smallest absolute Gasteiger partial charge is 0.376 e. The highest BCUT2D eigenvalue weighted by Crippen LogP contribution is 2.39. The maximum atomic E-state index is 13.4. The van der Waals surface area contributed by atoms with Gasteiger partial charge in [0, 0.05) is 37.3 Å². The summed E-state index contributed by atoms with van der Waals surface area (Å²) in [4.78, 5) is 17.8. The summed E-state index contributed by atoms with van der Waals surface area (Å²) in [7, 11) is 0. The summed E-state index contributed by atoms with van der Waals surface area (Å²) in [6.07, 6.45) is -1.99. The van der Waals surface area contributed by atoms with E-state index in [9.17, 15) is 23.1 Å².